The maximum Gasteiger partial charge on any atom is 0.318 e. The molecule has 2 aromatic carbocycles. The summed E-state index contributed by atoms with van der Waals surface area (Å²) in [5.74, 6) is 0.582. The number of aromatic nitrogens is 2. The van der Waals surface area contributed by atoms with Crippen LogP contribution in [0.2, 0.25) is 0 Å². The number of fused-ring (bicyclic) bond motifs is 2. The molecular formula is C30H36IN5O5. The van der Waals surface area contributed by atoms with Crippen molar-refractivity contribution in [3.05, 3.63) is 50.7 Å². The van der Waals surface area contributed by atoms with Crippen LogP contribution in [-0.2, 0) is 17.8 Å². The number of carbonyl (C=O) groups excluding carboxylic acids is 1. The van der Waals surface area contributed by atoms with E-state index in [0.717, 1.165) is 50.8 Å². The van der Waals surface area contributed by atoms with E-state index in [1.807, 2.05) is 18.2 Å². The van der Waals surface area contributed by atoms with Crippen molar-refractivity contribution >= 4 is 45.1 Å². The molecule has 1 saturated heterocycles. The highest BCUT2D eigenvalue weighted by atomic mass is 127. The molecule has 10 nitrogen and oxygen atoms in total. The minimum absolute atomic E-state index is 0.0218. The molecule has 3 heterocycles. The molecule has 3 aromatic rings. The fourth-order valence-electron chi connectivity index (χ4n) is 5.99. The van der Waals surface area contributed by atoms with Crippen LogP contribution in [0.1, 0.15) is 34.5 Å². The Morgan fingerprint density at radius 2 is 2.07 bits per heavy atom. The highest BCUT2D eigenvalue weighted by Crippen LogP contribution is 2.46. The Morgan fingerprint density at radius 3 is 2.83 bits per heavy atom. The SMILES string of the molecule is CN(C)CC1(COc2nc3c(c(N4CCOCC(CO)C4)n2)CN(C(=O)c2cc(O)cc4cccc(I)c24)C3)CC1. The summed E-state index contributed by atoms with van der Waals surface area (Å²) in [6.45, 7) is 4.40. The number of phenolic OH excluding ortho intramolecular Hbond substituents is 1. The molecule has 3 aliphatic rings. The highest BCUT2D eigenvalue weighted by Gasteiger charge is 2.44. The van der Waals surface area contributed by atoms with Crippen LogP contribution in [-0.4, -0.2) is 96.0 Å². The van der Waals surface area contributed by atoms with Gasteiger partial charge in [0.05, 0.1) is 44.2 Å². The fourth-order valence-corrected chi connectivity index (χ4v) is 6.80. The smallest absolute Gasteiger partial charge is 0.318 e. The number of amides is 1. The molecule has 0 radical (unpaired) electrons. The lowest BCUT2D eigenvalue weighted by Crippen LogP contribution is -2.33. The zero-order valence-electron chi connectivity index (χ0n) is 23.5. The Kier molecular flexibility index (Phi) is 7.96. The maximum atomic E-state index is 14.0. The minimum Gasteiger partial charge on any atom is -0.508 e. The second-order valence-corrected chi connectivity index (χ2v) is 13.0. The molecule has 2 N–H and O–H groups in total. The fraction of sp³-hybridized carbons (Fsp3) is 0.500. The van der Waals surface area contributed by atoms with Crippen molar-refractivity contribution in [3.63, 3.8) is 0 Å². The van der Waals surface area contributed by atoms with Gasteiger partial charge >= 0.3 is 6.01 Å². The lowest BCUT2D eigenvalue weighted by Gasteiger charge is -2.26. The third-order valence-electron chi connectivity index (χ3n) is 8.18. The Balaban J connectivity index is 1.33. The van der Waals surface area contributed by atoms with Crippen LogP contribution < -0.4 is 9.64 Å². The van der Waals surface area contributed by atoms with Gasteiger partial charge in [-0.2, -0.15) is 9.97 Å². The Hall–Kier alpha value is -2.74. The highest BCUT2D eigenvalue weighted by molar-refractivity contribution is 14.1. The summed E-state index contributed by atoms with van der Waals surface area (Å²) < 4.78 is 12.9. The van der Waals surface area contributed by atoms with Crippen molar-refractivity contribution in [1.82, 2.24) is 19.8 Å². The molecular weight excluding hydrogens is 637 g/mol. The third-order valence-corrected chi connectivity index (χ3v) is 9.08. The van der Waals surface area contributed by atoms with E-state index in [1.54, 1.807) is 17.0 Å². The van der Waals surface area contributed by atoms with E-state index in [0.29, 0.717) is 57.6 Å². The van der Waals surface area contributed by atoms with Gasteiger partial charge in [-0.25, -0.2) is 0 Å². The number of benzene rings is 2. The number of anilines is 1. The standard InChI is InChI=1S/C30H36IN5O5/c1-34(2)17-30(6-7-30)18-41-29-32-25-14-36(13-23(25)27(33-29)35-8-9-40-16-19(12-35)15-37)28(39)22-11-21(38)10-20-4-3-5-24(31)26(20)22/h3-5,10-11,19,37-38H,6-9,12-18H2,1-2H3. The molecule has 0 bridgehead atoms. The number of phenols is 1. The molecule has 0 spiro atoms. The first kappa shape index (κ1) is 28.4. The summed E-state index contributed by atoms with van der Waals surface area (Å²) in [5, 5.41) is 22.0. The maximum absolute atomic E-state index is 14.0. The number of hydrogen-bond donors (Lipinski definition) is 2. The van der Waals surface area contributed by atoms with Gasteiger partial charge in [-0.3, -0.25) is 4.79 Å². The van der Waals surface area contributed by atoms with Crippen molar-refractivity contribution in [1.29, 1.82) is 0 Å². The van der Waals surface area contributed by atoms with Crippen LogP contribution in [0.25, 0.3) is 10.8 Å². The number of halogens is 1. The molecule has 1 saturated carbocycles. The van der Waals surface area contributed by atoms with Crippen LogP contribution in [0.3, 0.4) is 0 Å². The Labute approximate surface area is 253 Å². The predicted octanol–water partition coefficient (Wildman–Crippen LogP) is 3.26. The van der Waals surface area contributed by atoms with Gasteiger partial charge in [-0.15, -0.1) is 0 Å². The van der Waals surface area contributed by atoms with Crippen LogP contribution in [0.5, 0.6) is 11.8 Å². The van der Waals surface area contributed by atoms with Gasteiger partial charge in [0.1, 0.15) is 11.6 Å². The van der Waals surface area contributed by atoms with Crippen LogP contribution >= 0.6 is 22.6 Å². The monoisotopic (exact) mass is 673 g/mol. The topological polar surface area (TPSA) is 111 Å². The second kappa shape index (κ2) is 11.5. The number of aliphatic hydroxyl groups excluding tert-OH is 1. The summed E-state index contributed by atoms with van der Waals surface area (Å²) in [4.78, 5) is 29.8. The van der Waals surface area contributed by atoms with Crippen molar-refractivity contribution < 1.29 is 24.5 Å². The average molecular weight is 674 g/mol. The van der Waals surface area contributed by atoms with Gasteiger partial charge in [0, 0.05) is 52.1 Å². The molecule has 2 aliphatic heterocycles. The molecule has 2 fully saturated rings. The van der Waals surface area contributed by atoms with Crippen molar-refractivity contribution in [3.8, 4) is 11.8 Å². The molecule has 41 heavy (non-hydrogen) atoms. The van der Waals surface area contributed by atoms with Gasteiger partial charge in [0.2, 0.25) is 0 Å². The largest absolute Gasteiger partial charge is 0.508 e. The summed E-state index contributed by atoms with van der Waals surface area (Å²) in [6.07, 6.45) is 2.23. The van der Waals surface area contributed by atoms with Gasteiger partial charge < -0.3 is 34.4 Å². The van der Waals surface area contributed by atoms with E-state index in [-0.39, 0.29) is 29.6 Å². The Morgan fingerprint density at radius 1 is 1.24 bits per heavy atom. The summed E-state index contributed by atoms with van der Waals surface area (Å²) in [7, 11) is 4.15. The van der Waals surface area contributed by atoms with Crippen LogP contribution in [0.15, 0.2) is 30.3 Å². The van der Waals surface area contributed by atoms with E-state index >= 15 is 0 Å². The number of nitrogens with zero attached hydrogens (tertiary/aromatic N) is 5. The van der Waals surface area contributed by atoms with Gasteiger partial charge in [-0.05, 0) is 73.1 Å². The second-order valence-electron chi connectivity index (χ2n) is 11.8. The molecule has 11 heteroatoms. The first-order valence-electron chi connectivity index (χ1n) is 14.1. The molecule has 1 amide bonds. The van der Waals surface area contributed by atoms with E-state index < -0.39 is 0 Å². The molecule has 6 rings (SSSR count). The number of carbonyl (C=O) groups is 1. The molecule has 1 atom stereocenters. The third kappa shape index (κ3) is 5.95. The lowest BCUT2D eigenvalue weighted by molar-refractivity contribution is 0.0752. The van der Waals surface area contributed by atoms with Crippen molar-refractivity contribution in [2.45, 2.75) is 25.9 Å². The van der Waals surface area contributed by atoms with E-state index in [4.69, 9.17) is 19.4 Å². The van der Waals surface area contributed by atoms with Crippen molar-refractivity contribution in [2.24, 2.45) is 11.3 Å². The van der Waals surface area contributed by atoms with Crippen LogP contribution in [0.4, 0.5) is 5.82 Å². The van der Waals surface area contributed by atoms with Crippen molar-refractivity contribution in [2.75, 3.05) is 65.1 Å². The first-order chi connectivity index (χ1) is 19.7. The summed E-state index contributed by atoms with van der Waals surface area (Å²) >= 11 is 2.23. The zero-order valence-corrected chi connectivity index (χ0v) is 25.6. The number of rotatable bonds is 8. The normalized spacial score (nSPS) is 19.9. The minimum atomic E-state index is -0.170. The number of aromatic hydroxyl groups is 1. The molecule has 218 valence electrons. The molecule has 1 aromatic heterocycles. The average Bonchev–Trinajstić information content (AvgIpc) is 3.63. The molecule has 1 unspecified atom stereocenters. The van der Waals surface area contributed by atoms with E-state index in [2.05, 4.69) is 46.5 Å². The van der Waals surface area contributed by atoms with Gasteiger partial charge in [0.15, 0.2) is 0 Å². The molecule has 1 aliphatic carbocycles. The summed E-state index contributed by atoms with van der Waals surface area (Å²) in [6, 6.07) is 9.34. The number of hydrogen-bond acceptors (Lipinski definition) is 9. The first-order valence-corrected chi connectivity index (χ1v) is 15.1. The summed E-state index contributed by atoms with van der Waals surface area (Å²) in [5.41, 5.74) is 2.24. The lowest BCUT2D eigenvalue weighted by atomic mass is 10.0. The quantitative estimate of drug-likeness (QED) is 0.349. The zero-order chi connectivity index (χ0) is 28.7. The number of aliphatic hydroxyl groups is 1. The predicted molar refractivity (Wildman–Crippen MR) is 163 cm³/mol. The van der Waals surface area contributed by atoms with E-state index in [1.165, 1.54) is 0 Å². The van der Waals surface area contributed by atoms with Gasteiger partial charge in [0.25, 0.3) is 5.91 Å². The van der Waals surface area contributed by atoms with E-state index in [9.17, 15) is 15.0 Å². The van der Waals surface area contributed by atoms with Gasteiger partial charge in [-0.1, -0.05) is 12.1 Å². The Bertz CT molecular complexity index is 1460. The van der Waals surface area contributed by atoms with Crippen LogP contribution in [0, 0.1) is 14.9 Å². The number of ether oxygens (including phenoxy) is 2.